The third kappa shape index (κ3) is 3.76. The zero-order valence-electron chi connectivity index (χ0n) is 15.8. The molecule has 1 saturated heterocycles. The smallest absolute Gasteiger partial charge is 0.277 e. The van der Waals surface area contributed by atoms with Crippen molar-refractivity contribution >= 4 is 23.8 Å². The molecule has 8 heteroatoms. The minimum Gasteiger partial charge on any atom is -0.354 e. The van der Waals surface area contributed by atoms with Crippen LogP contribution in [0.1, 0.15) is 43.5 Å². The number of carbonyl (C=O) groups is 3. The zero-order valence-corrected chi connectivity index (χ0v) is 15.8. The van der Waals surface area contributed by atoms with E-state index in [4.69, 9.17) is 0 Å². The van der Waals surface area contributed by atoms with E-state index < -0.39 is 11.8 Å². The molecule has 2 aliphatic rings. The quantitative estimate of drug-likeness (QED) is 0.768. The van der Waals surface area contributed by atoms with Gasteiger partial charge in [-0.15, -0.1) is 0 Å². The predicted molar refractivity (Wildman–Crippen MR) is 102 cm³/mol. The summed E-state index contributed by atoms with van der Waals surface area (Å²) in [5, 5.41) is 2.58. The first-order chi connectivity index (χ1) is 13.5. The van der Waals surface area contributed by atoms with E-state index in [1.54, 1.807) is 12.4 Å². The van der Waals surface area contributed by atoms with Gasteiger partial charge in [-0.25, -0.2) is 4.98 Å². The molecule has 0 spiro atoms. The fourth-order valence-electron chi connectivity index (χ4n) is 3.53. The molecule has 146 valence electrons. The lowest BCUT2D eigenvalue weighted by molar-refractivity contribution is -0.147. The number of carbonyl (C=O) groups excluding carboxylic acids is 3. The minimum atomic E-state index is -0.490. The van der Waals surface area contributed by atoms with Crippen LogP contribution >= 0.6 is 0 Å². The normalized spacial score (nSPS) is 18.6. The van der Waals surface area contributed by atoms with Crippen molar-refractivity contribution in [3.05, 3.63) is 47.9 Å². The summed E-state index contributed by atoms with van der Waals surface area (Å²) in [5.41, 5.74) is 1.89. The van der Waals surface area contributed by atoms with Gasteiger partial charge < -0.3 is 14.5 Å². The molecule has 0 atom stereocenters. The number of imide groups is 1. The standard InChI is InChI=1S/C20H23N5O3/c1-14(26)25-12-18(27)22-17(20(25)28)11-16-19(15-5-6-15)24(13-21-16)10-4-9-23-7-2-3-8-23/h2-3,7-8,11,13,15H,4-6,9-10,12H2,1H3,(H,22,27). The number of nitrogens with one attached hydrogen (secondary N) is 1. The van der Waals surface area contributed by atoms with Gasteiger partial charge in [0.1, 0.15) is 12.2 Å². The second-order valence-corrected chi connectivity index (χ2v) is 7.27. The van der Waals surface area contributed by atoms with Crippen molar-refractivity contribution in [2.75, 3.05) is 6.54 Å². The van der Waals surface area contributed by atoms with Crippen molar-refractivity contribution < 1.29 is 14.4 Å². The highest BCUT2D eigenvalue weighted by Gasteiger charge is 2.33. The molecule has 3 amide bonds. The number of rotatable bonds is 6. The van der Waals surface area contributed by atoms with Crippen LogP contribution in [-0.2, 0) is 27.5 Å². The Morgan fingerprint density at radius 2 is 2.00 bits per heavy atom. The zero-order chi connectivity index (χ0) is 19.7. The molecule has 2 aromatic rings. The highest BCUT2D eigenvalue weighted by atomic mass is 16.2. The highest BCUT2D eigenvalue weighted by Crippen LogP contribution is 2.42. The van der Waals surface area contributed by atoms with Crippen LogP contribution in [0.5, 0.6) is 0 Å². The summed E-state index contributed by atoms with van der Waals surface area (Å²) < 4.78 is 4.29. The maximum atomic E-state index is 12.5. The van der Waals surface area contributed by atoms with Crippen molar-refractivity contribution in [3.63, 3.8) is 0 Å². The summed E-state index contributed by atoms with van der Waals surface area (Å²) in [6.07, 6.45) is 10.7. The van der Waals surface area contributed by atoms with E-state index in [1.165, 1.54) is 6.92 Å². The second-order valence-electron chi connectivity index (χ2n) is 7.27. The van der Waals surface area contributed by atoms with Gasteiger partial charge in [0.15, 0.2) is 0 Å². The molecule has 0 radical (unpaired) electrons. The third-order valence-electron chi connectivity index (χ3n) is 5.07. The van der Waals surface area contributed by atoms with E-state index in [-0.39, 0.29) is 18.1 Å². The molecule has 1 saturated carbocycles. The third-order valence-corrected chi connectivity index (χ3v) is 5.07. The minimum absolute atomic E-state index is 0.103. The fraction of sp³-hybridized carbons (Fsp3) is 0.400. The Kier molecular flexibility index (Phi) is 4.85. The number of imidazole rings is 1. The van der Waals surface area contributed by atoms with Gasteiger partial charge in [0, 0.05) is 44.0 Å². The van der Waals surface area contributed by atoms with Crippen molar-refractivity contribution in [1.82, 2.24) is 24.3 Å². The Balaban J connectivity index is 1.55. The second kappa shape index (κ2) is 7.46. The summed E-state index contributed by atoms with van der Waals surface area (Å²) in [5.74, 6) is -0.876. The fourth-order valence-corrected chi connectivity index (χ4v) is 3.53. The molecule has 4 rings (SSSR count). The van der Waals surface area contributed by atoms with Gasteiger partial charge in [0.2, 0.25) is 11.8 Å². The Hall–Kier alpha value is -3.16. The predicted octanol–water partition coefficient (Wildman–Crippen LogP) is 1.50. The van der Waals surface area contributed by atoms with Crippen LogP contribution in [-0.4, -0.2) is 43.3 Å². The molecule has 0 bridgehead atoms. The van der Waals surface area contributed by atoms with Crippen LogP contribution in [0.2, 0.25) is 0 Å². The maximum absolute atomic E-state index is 12.5. The van der Waals surface area contributed by atoms with Crippen LogP contribution in [0.25, 0.3) is 6.08 Å². The van der Waals surface area contributed by atoms with Gasteiger partial charge in [-0.2, -0.15) is 0 Å². The van der Waals surface area contributed by atoms with Crippen LogP contribution in [0.4, 0.5) is 0 Å². The van der Waals surface area contributed by atoms with Crippen molar-refractivity contribution in [2.45, 2.75) is 45.2 Å². The van der Waals surface area contributed by atoms with E-state index in [0.29, 0.717) is 11.6 Å². The first-order valence-electron chi connectivity index (χ1n) is 9.52. The van der Waals surface area contributed by atoms with E-state index in [2.05, 4.69) is 19.4 Å². The SMILES string of the molecule is CC(=O)N1CC(=O)NC(=Cc2ncn(CCCn3cccc3)c2C2CC2)C1=O. The summed E-state index contributed by atoms with van der Waals surface area (Å²) in [4.78, 5) is 41.5. The van der Waals surface area contributed by atoms with Gasteiger partial charge in [0.25, 0.3) is 5.91 Å². The first kappa shape index (κ1) is 18.2. The Morgan fingerprint density at radius 3 is 2.68 bits per heavy atom. The molecule has 8 nitrogen and oxygen atoms in total. The molecule has 3 heterocycles. The van der Waals surface area contributed by atoms with Crippen LogP contribution in [0, 0.1) is 0 Å². The average molecular weight is 381 g/mol. The lowest BCUT2D eigenvalue weighted by atomic mass is 10.1. The molecule has 28 heavy (non-hydrogen) atoms. The van der Waals surface area contributed by atoms with Crippen LogP contribution < -0.4 is 5.32 Å². The van der Waals surface area contributed by atoms with Crippen molar-refractivity contribution in [2.24, 2.45) is 0 Å². The molecule has 2 aromatic heterocycles. The van der Waals surface area contributed by atoms with Gasteiger partial charge in [0.05, 0.1) is 12.0 Å². The van der Waals surface area contributed by atoms with E-state index in [1.807, 2.05) is 24.5 Å². The van der Waals surface area contributed by atoms with Gasteiger partial charge >= 0.3 is 0 Å². The highest BCUT2D eigenvalue weighted by molar-refractivity contribution is 6.12. The van der Waals surface area contributed by atoms with Crippen LogP contribution in [0.3, 0.4) is 0 Å². The molecule has 1 N–H and O–H groups in total. The number of hydrogen-bond donors (Lipinski definition) is 1. The molecule has 0 unspecified atom stereocenters. The molecule has 1 aliphatic heterocycles. The molecule has 2 fully saturated rings. The monoisotopic (exact) mass is 381 g/mol. The summed E-state index contributed by atoms with van der Waals surface area (Å²) in [6.45, 7) is 2.80. The topological polar surface area (TPSA) is 89.2 Å². The molecule has 1 aliphatic carbocycles. The summed E-state index contributed by atoms with van der Waals surface area (Å²) in [7, 11) is 0. The number of aromatic nitrogens is 3. The number of aryl methyl sites for hydroxylation is 2. The van der Waals surface area contributed by atoms with E-state index >= 15 is 0 Å². The first-order valence-corrected chi connectivity index (χ1v) is 9.52. The lowest BCUT2D eigenvalue weighted by Gasteiger charge is -2.25. The number of piperazine rings is 1. The van der Waals surface area contributed by atoms with E-state index in [0.717, 1.165) is 42.9 Å². The van der Waals surface area contributed by atoms with Gasteiger partial charge in [-0.3, -0.25) is 19.3 Å². The number of nitrogens with zero attached hydrogens (tertiary/aromatic N) is 4. The van der Waals surface area contributed by atoms with Crippen molar-refractivity contribution in [3.8, 4) is 0 Å². The Morgan fingerprint density at radius 1 is 1.25 bits per heavy atom. The largest absolute Gasteiger partial charge is 0.354 e. The molecule has 0 aromatic carbocycles. The number of amides is 3. The average Bonchev–Trinajstić information content (AvgIpc) is 3.20. The Labute approximate surface area is 162 Å². The molecular formula is C20H23N5O3. The summed E-state index contributed by atoms with van der Waals surface area (Å²) in [6, 6.07) is 4.02. The number of hydrogen-bond acceptors (Lipinski definition) is 4. The Bertz CT molecular complexity index is 937. The molecular weight excluding hydrogens is 358 g/mol. The maximum Gasteiger partial charge on any atom is 0.277 e. The van der Waals surface area contributed by atoms with Crippen LogP contribution in [0.15, 0.2) is 36.6 Å². The van der Waals surface area contributed by atoms with Gasteiger partial charge in [-0.1, -0.05) is 0 Å². The van der Waals surface area contributed by atoms with Crippen molar-refractivity contribution in [1.29, 1.82) is 0 Å². The lowest BCUT2D eigenvalue weighted by Crippen LogP contribution is -2.51. The van der Waals surface area contributed by atoms with E-state index in [9.17, 15) is 14.4 Å². The van der Waals surface area contributed by atoms with Gasteiger partial charge in [-0.05, 0) is 37.5 Å². The summed E-state index contributed by atoms with van der Waals surface area (Å²) >= 11 is 0.